The second kappa shape index (κ2) is 5.26. The van der Waals surface area contributed by atoms with E-state index in [1.54, 1.807) is 24.3 Å². The van der Waals surface area contributed by atoms with Gasteiger partial charge in [0.05, 0.1) is 11.1 Å². The molecule has 0 unspecified atom stereocenters. The number of rotatable bonds is 1. The van der Waals surface area contributed by atoms with Gasteiger partial charge in [0.1, 0.15) is 0 Å². The van der Waals surface area contributed by atoms with E-state index in [1.807, 2.05) is 6.92 Å². The maximum absolute atomic E-state index is 10.9. The molecule has 1 aliphatic heterocycles. The van der Waals surface area contributed by atoms with Crippen LogP contribution in [0.2, 0.25) is 0 Å². The Hall–Kier alpha value is -1.68. The fraction of sp³-hybridized carbons (Fsp3) is 0.273. The molecule has 2 rings (SSSR count). The highest BCUT2D eigenvalue weighted by molar-refractivity contribution is 6.21. The Labute approximate surface area is 87.9 Å². The van der Waals surface area contributed by atoms with E-state index in [9.17, 15) is 9.59 Å². The summed E-state index contributed by atoms with van der Waals surface area (Å²) >= 11 is 0. The van der Waals surface area contributed by atoms with Crippen LogP contribution in [-0.2, 0) is 0 Å². The quantitative estimate of drug-likeness (QED) is 0.674. The van der Waals surface area contributed by atoms with Crippen molar-refractivity contribution >= 4 is 11.8 Å². The third kappa shape index (κ3) is 2.63. The van der Waals surface area contributed by atoms with E-state index < -0.39 is 0 Å². The lowest BCUT2D eigenvalue weighted by Crippen LogP contribution is -2.19. The first-order valence-corrected chi connectivity index (χ1v) is 4.76. The average molecular weight is 207 g/mol. The Kier molecular flexibility index (Phi) is 4.00. The Balaban J connectivity index is 0.000000245. The summed E-state index contributed by atoms with van der Waals surface area (Å²) in [4.78, 5) is 21.9. The second-order valence-corrected chi connectivity index (χ2v) is 3.05. The first-order valence-electron chi connectivity index (χ1n) is 4.76. The summed E-state index contributed by atoms with van der Waals surface area (Å²) in [6, 6.07) is 6.74. The molecule has 0 aliphatic carbocycles. The molecular formula is C11H13NO3. The Morgan fingerprint density at radius 3 is 1.87 bits per heavy atom. The first-order chi connectivity index (χ1) is 7.20. The van der Waals surface area contributed by atoms with Crippen LogP contribution in [-0.4, -0.2) is 23.5 Å². The van der Waals surface area contributed by atoms with E-state index in [2.05, 4.69) is 5.32 Å². The number of benzene rings is 1. The Morgan fingerprint density at radius 1 is 1.13 bits per heavy atom. The highest BCUT2D eigenvalue weighted by atomic mass is 16.2. The third-order valence-corrected chi connectivity index (χ3v) is 1.87. The molecule has 0 aromatic heterocycles. The SMILES string of the molecule is CCCO.O=C1NC(=O)c2ccccc21. The zero-order valence-electron chi connectivity index (χ0n) is 8.49. The molecule has 0 bridgehead atoms. The Bertz CT molecular complexity index is 339. The van der Waals surface area contributed by atoms with Crippen LogP contribution < -0.4 is 5.32 Å². The van der Waals surface area contributed by atoms with E-state index in [0.29, 0.717) is 17.7 Å². The van der Waals surface area contributed by atoms with Crippen LogP contribution in [0.1, 0.15) is 34.1 Å². The maximum atomic E-state index is 10.9. The molecule has 0 atom stereocenters. The molecule has 2 amide bonds. The van der Waals surface area contributed by atoms with Gasteiger partial charge in [-0.05, 0) is 18.6 Å². The van der Waals surface area contributed by atoms with Gasteiger partial charge in [0.2, 0.25) is 0 Å². The van der Waals surface area contributed by atoms with Crippen molar-refractivity contribution in [3.8, 4) is 0 Å². The third-order valence-electron chi connectivity index (χ3n) is 1.87. The first kappa shape index (κ1) is 11.4. The number of imide groups is 1. The van der Waals surface area contributed by atoms with Crippen LogP contribution in [0.25, 0.3) is 0 Å². The molecule has 0 saturated heterocycles. The molecule has 0 saturated carbocycles. The molecule has 0 radical (unpaired) electrons. The lowest BCUT2D eigenvalue weighted by Gasteiger charge is -1.88. The summed E-state index contributed by atoms with van der Waals surface area (Å²) in [7, 11) is 0. The van der Waals surface area contributed by atoms with Crippen LogP contribution in [0.3, 0.4) is 0 Å². The van der Waals surface area contributed by atoms with Crippen LogP contribution in [0.5, 0.6) is 0 Å². The van der Waals surface area contributed by atoms with Crippen molar-refractivity contribution in [1.82, 2.24) is 5.32 Å². The fourth-order valence-corrected chi connectivity index (χ4v) is 1.12. The van der Waals surface area contributed by atoms with Gasteiger partial charge in [0.25, 0.3) is 11.8 Å². The lowest BCUT2D eigenvalue weighted by atomic mass is 10.1. The van der Waals surface area contributed by atoms with Gasteiger partial charge in [-0.3, -0.25) is 14.9 Å². The minimum Gasteiger partial charge on any atom is -0.396 e. The molecule has 1 aromatic carbocycles. The summed E-state index contributed by atoms with van der Waals surface area (Å²) in [5.74, 6) is -0.601. The monoisotopic (exact) mass is 207 g/mol. The number of hydrogen-bond donors (Lipinski definition) is 2. The maximum Gasteiger partial charge on any atom is 0.258 e. The summed E-state index contributed by atoms with van der Waals surface area (Å²) in [5, 5.41) is 10.1. The molecular weight excluding hydrogens is 194 g/mol. The average Bonchev–Trinajstić information content (AvgIpc) is 2.56. The summed E-state index contributed by atoms with van der Waals surface area (Å²) < 4.78 is 0. The molecule has 1 aliphatic rings. The minimum atomic E-state index is -0.300. The van der Waals surface area contributed by atoms with E-state index in [4.69, 9.17) is 5.11 Å². The van der Waals surface area contributed by atoms with Crippen molar-refractivity contribution in [3.05, 3.63) is 35.4 Å². The number of amides is 2. The zero-order chi connectivity index (χ0) is 11.3. The van der Waals surface area contributed by atoms with E-state index in [-0.39, 0.29) is 11.8 Å². The summed E-state index contributed by atoms with van der Waals surface area (Å²) in [6.45, 7) is 2.25. The second-order valence-electron chi connectivity index (χ2n) is 3.05. The van der Waals surface area contributed by atoms with Crippen molar-refractivity contribution in [2.24, 2.45) is 0 Å². The summed E-state index contributed by atoms with van der Waals surface area (Å²) in [5.41, 5.74) is 0.940. The highest BCUT2D eigenvalue weighted by Gasteiger charge is 2.25. The molecule has 80 valence electrons. The van der Waals surface area contributed by atoms with Gasteiger partial charge < -0.3 is 5.11 Å². The minimum absolute atomic E-state index is 0.300. The largest absolute Gasteiger partial charge is 0.396 e. The predicted molar refractivity (Wildman–Crippen MR) is 55.6 cm³/mol. The van der Waals surface area contributed by atoms with Gasteiger partial charge in [0, 0.05) is 6.61 Å². The van der Waals surface area contributed by atoms with Gasteiger partial charge in [-0.25, -0.2) is 0 Å². The number of aliphatic hydroxyl groups is 1. The predicted octanol–water partition coefficient (Wildman–Crippen LogP) is 0.959. The van der Waals surface area contributed by atoms with Crippen molar-refractivity contribution in [1.29, 1.82) is 0 Å². The van der Waals surface area contributed by atoms with Crippen LogP contribution >= 0.6 is 0 Å². The van der Waals surface area contributed by atoms with Crippen molar-refractivity contribution < 1.29 is 14.7 Å². The number of nitrogens with one attached hydrogen (secondary N) is 1. The molecule has 2 N–H and O–H groups in total. The fourth-order valence-electron chi connectivity index (χ4n) is 1.12. The molecule has 4 nitrogen and oxygen atoms in total. The van der Waals surface area contributed by atoms with Gasteiger partial charge in [-0.15, -0.1) is 0 Å². The Morgan fingerprint density at radius 2 is 1.53 bits per heavy atom. The topological polar surface area (TPSA) is 66.4 Å². The molecule has 0 fully saturated rings. The van der Waals surface area contributed by atoms with Crippen molar-refractivity contribution in [2.45, 2.75) is 13.3 Å². The van der Waals surface area contributed by atoms with Crippen LogP contribution in [0, 0.1) is 0 Å². The zero-order valence-corrected chi connectivity index (χ0v) is 8.49. The van der Waals surface area contributed by atoms with Crippen LogP contribution in [0.4, 0.5) is 0 Å². The van der Waals surface area contributed by atoms with Gasteiger partial charge in [0.15, 0.2) is 0 Å². The highest BCUT2D eigenvalue weighted by Crippen LogP contribution is 2.13. The smallest absolute Gasteiger partial charge is 0.258 e. The standard InChI is InChI=1S/C8H5NO2.C3H8O/c10-7-5-3-1-2-4-6(5)8(11)9-7;1-2-3-4/h1-4H,(H,9,10,11);4H,2-3H2,1H3. The number of aliphatic hydroxyl groups excluding tert-OH is 1. The van der Waals surface area contributed by atoms with E-state index >= 15 is 0 Å². The van der Waals surface area contributed by atoms with Gasteiger partial charge >= 0.3 is 0 Å². The molecule has 15 heavy (non-hydrogen) atoms. The number of fused-ring (bicyclic) bond motifs is 1. The lowest BCUT2D eigenvalue weighted by molar-refractivity contribution is 0.0879. The molecule has 1 heterocycles. The van der Waals surface area contributed by atoms with Crippen molar-refractivity contribution in [2.75, 3.05) is 6.61 Å². The normalized spacial score (nSPS) is 12.7. The molecule has 4 heteroatoms. The van der Waals surface area contributed by atoms with Crippen molar-refractivity contribution in [3.63, 3.8) is 0 Å². The van der Waals surface area contributed by atoms with Gasteiger partial charge in [-0.2, -0.15) is 0 Å². The number of carbonyl (C=O) groups excluding carboxylic acids is 2. The summed E-state index contributed by atoms with van der Waals surface area (Å²) in [6.07, 6.45) is 0.875. The van der Waals surface area contributed by atoms with E-state index in [0.717, 1.165) is 6.42 Å². The van der Waals surface area contributed by atoms with Crippen LogP contribution in [0.15, 0.2) is 24.3 Å². The number of hydrogen-bond acceptors (Lipinski definition) is 3. The number of carbonyl (C=O) groups is 2. The van der Waals surface area contributed by atoms with E-state index in [1.165, 1.54) is 0 Å². The molecule has 1 aromatic rings. The van der Waals surface area contributed by atoms with Gasteiger partial charge in [-0.1, -0.05) is 19.1 Å². The molecule has 0 spiro atoms.